The van der Waals surface area contributed by atoms with Crippen LogP contribution in [0.25, 0.3) is 0 Å². The second-order valence-electron chi connectivity index (χ2n) is 4.18. The summed E-state index contributed by atoms with van der Waals surface area (Å²) in [7, 11) is 0. The van der Waals surface area contributed by atoms with Gasteiger partial charge >= 0.3 is 5.97 Å². The molecule has 0 bridgehead atoms. The van der Waals surface area contributed by atoms with Crippen LogP contribution in [0.15, 0.2) is 5.10 Å². The predicted molar refractivity (Wildman–Crippen MR) is 71.0 cm³/mol. The molecule has 19 heavy (non-hydrogen) atoms. The summed E-state index contributed by atoms with van der Waals surface area (Å²) in [4.78, 5) is 33.3. The zero-order chi connectivity index (χ0) is 14.6. The van der Waals surface area contributed by atoms with Crippen molar-refractivity contribution in [1.29, 1.82) is 0 Å². The lowest BCUT2D eigenvalue weighted by atomic mass is 10.2. The SMILES string of the molecule is CCOC(=O)C[C@@]1(C)SC(NC(C)=O)=NN1C(C)=O. The van der Waals surface area contributed by atoms with Crippen molar-refractivity contribution in [3.63, 3.8) is 0 Å². The number of nitrogens with zero attached hydrogens (tertiary/aromatic N) is 2. The standard InChI is InChI=1S/C11H17N3O4S/c1-5-18-9(17)6-11(4)14(8(3)16)13-10(19-11)12-7(2)15/h5-6H2,1-4H3,(H,12,13,15)/t11-/m1/s1. The first-order valence-corrected chi connectivity index (χ1v) is 6.61. The molecule has 0 saturated heterocycles. The molecule has 1 N–H and O–H groups in total. The molecule has 0 spiro atoms. The van der Waals surface area contributed by atoms with Gasteiger partial charge in [0.05, 0.1) is 13.0 Å². The summed E-state index contributed by atoms with van der Waals surface area (Å²) in [5.74, 6) is -1.00. The lowest BCUT2D eigenvalue weighted by Gasteiger charge is -2.29. The van der Waals surface area contributed by atoms with Crippen molar-refractivity contribution in [2.75, 3.05) is 6.61 Å². The van der Waals surface area contributed by atoms with Crippen LogP contribution < -0.4 is 5.32 Å². The van der Waals surface area contributed by atoms with Gasteiger partial charge in [-0.05, 0) is 13.8 Å². The molecule has 0 aromatic rings. The van der Waals surface area contributed by atoms with E-state index in [1.54, 1.807) is 13.8 Å². The number of thioether (sulfide) groups is 1. The topological polar surface area (TPSA) is 88.1 Å². The fourth-order valence-corrected chi connectivity index (χ4v) is 2.84. The van der Waals surface area contributed by atoms with Crippen molar-refractivity contribution < 1.29 is 19.1 Å². The highest BCUT2D eigenvalue weighted by atomic mass is 32.2. The second kappa shape index (κ2) is 6.05. The molecule has 1 heterocycles. The van der Waals surface area contributed by atoms with Gasteiger partial charge in [-0.3, -0.25) is 14.4 Å². The third-order valence-corrected chi connectivity index (χ3v) is 3.45. The summed E-state index contributed by atoms with van der Waals surface area (Å²) < 4.78 is 4.88. The van der Waals surface area contributed by atoms with E-state index in [0.717, 1.165) is 11.8 Å². The van der Waals surface area contributed by atoms with E-state index in [4.69, 9.17) is 4.74 Å². The number of hydrogen-bond acceptors (Lipinski definition) is 6. The molecule has 1 rings (SSSR count). The molecule has 0 fully saturated rings. The Bertz CT molecular complexity index is 438. The molecule has 106 valence electrons. The third-order valence-electron chi connectivity index (χ3n) is 2.31. The van der Waals surface area contributed by atoms with Gasteiger partial charge in [0.25, 0.3) is 0 Å². The lowest BCUT2D eigenvalue weighted by Crippen LogP contribution is -2.42. The van der Waals surface area contributed by atoms with Crippen molar-refractivity contribution in [2.24, 2.45) is 5.10 Å². The minimum atomic E-state index is -0.879. The molecule has 1 atom stereocenters. The predicted octanol–water partition coefficient (Wildman–Crippen LogP) is 0.658. The van der Waals surface area contributed by atoms with Crippen LogP contribution in [0, 0.1) is 0 Å². The number of rotatable bonds is 3. The summed E-state index contributed by atoms with van der Waals surface area (Å²) in [6.07, 6.45) is -0.00231. The average Bonchev–Trinajstić information content (AvgIpc) is 2.54. The van der Waals surface area contributed by atoms with Crippen LogP contribution in [-0.2, 0) is 19.1 Å². The Morgan fingerprint density at radius 1 is 1.42 bits per heavy atom. The minimum Gasteiger partial charge on any atom is -0.466 e. The van der Waals surface area contributed by atoms with E-state index in [-0.39, 0.29) is 24.8 Å². The van der Waals surface area contributed by atoms with Crippen molar-refractivity contribution in [3.05, 3.63) is 0 Å². The molecule has 0 unspecified atom stereocenters. The van der Waals surface area contributed by atoms with Gasteiger partial charge in [-0.25, -0.2) is 5.01 Å². The molecular weight excluding hydrogens is 270 g/mol. The van der Waals surface area contributed by atoms with Gasteiger partial charge in [0.15, 0.2) is 5.17 Å². The highest BCUT2D eigenvalue weighted by Crippen LogP contribution is 2.39. The van der Waals surface area contributed by atoms with Crippen LogP contribution in [0.2, 0.25) is 0 Å². The van der Waals surface area contributed by atoms with Gasteiger partial charge in [-0.1, -0.05) is 11.8 Å². The Balaban J connectivity index is 2.85. The highest BCUT2D eigenvalue weighted by Gasteiger charge is 2.44. The molecule has 8 heteroatoms. The van der Waals surface area contributed by atoms with E-state index in [1.807, 2.05) is 0 Å². The largest absolute Gasteiger partial charge is 0.466 e. The number of amides is 2. The van der Waals surface area contributed by atoms with E-state index < -0.39 is 10.8 Å². The van der Waals surface area contributed by atoms with Crippen molar-refractivity contribution in [2.45, 2.75) is 39.0 Å². The van der Waals surface area contributed by atoms with E-state index in [0.29, 0.717) is 5.17 Å². The summed E-state index contributed by atoms with van der Waals surface area (Å²) in [6.45, 7) is 6.39. The smallest absolute Gasteiger partial charge is 0.309 e. The molecule has 0 aromatic heterocycles. The van der Waals surface area contributed by atoms with Crippen LogP contribution >= 0.6 is 11.8 Å². The Hall–Kier alpha value is -1.57. The molecule has 1 aliphatic heterocycles. The lowest BCUT2D eigenvalue weighted by molar-refractivity contribution is -0.146. The quantitative estimate of drug-likeness (QED) is 0.770. The number of esters is 1. The fraction of sp³-hybridized carbons (Fsp3) is 0.636. The maximum atomic E-state index is 11.6. The zero-order valence-electron chi connectivity index (χ0n) is 11.3. The van der Waals surface area contributed by atoms with Crippen LogP contribution in [0.4, 0.5) is 0 Å². The Morgan fingerprint density at radius 2 is 2.05 bits per heavy atom. The van der Waals surface area contributed by atoms with Gasteiger partial charge < -0.3 is 10.1 Å². The van der Waals surface area contributed by atoms with Gasteiger partial charge in [0.2, 0.25) is 11.8 Å². The average molecular weight is 287 g/mol. The molecule has 0 saturated carbocycles. The molecule has 7 nitrogen and oxygen atoms in total. The monoisotopic (exact) mass is 287 g/mol. The number of nitrogens with one attached hydrogen (secondary N) is 1. The molecule has 1 aliphatic rings. The first-order valence-electron chi connectivity index (χ1n) is 5.80. The third kappa shape index (κ3) is 3.95. The van der Waals surface area contributed by atoms with Gasteiger partial charge in [-0.2, -0.15) is 0 Å². The Morgan fingerprint density at radius 3 is 2.53 bits per heavy atom. The molecule has 0 aromatic carbocycles. The zero-order valence-corrected chi connectivity index (χ0v) is 12.2. The molecule has 0 radical (unpaired) electrons. The number of carbonyl (C=O) groups excluding carboxylic acids is 3. The first-order chi connectivity index (χ1) is 8.78. The maximum absolute atomic E-state index is 11.6. The molecular formula is C11H17N3O4S. The van der Waals surface area contributed by atoms with Crippen molar-refractivity contribution in [3.8, 4) is 0 Å². The van der Waals surface area contributed by atoms with Crippen LogP contribution in [-0.4, -0.2) is 39.4 Å². The van der Waals surface area contributed by atoms with Gasteiger partial charge in [-0.15, -0.1) is 5.10 Å². The maximum Gasteiger partial charge on any atom is 0.309 e. The second-order valence-corrected chi connectivity index (χ2v) is 5.65. The van der Waals surface area contributed by atoms with E-state index in [2.05, 4.69) is 10.4 Å². The van der Waals surface area contributed by atoms with Crippen molar-refractivity contribution >= 4 is 34.7 Å². The molecule has 2 amide bonds. The fourth-order valence-electron chi connectivity index (χ4n) is 1.66. The first kappa shape index (κ1) is 15.5. The summed E-state index contributed by atoms with van der Waals surface area (Å²) in [6, 6.07) is 0. The van der Waals surface area contributed by atoms with E-state index in [9.17, 15) is 14.4 Å². The molecule has 0 aliphatic carbocycles. The summed E-state index contributed by atoms with van der Waals surface area (Å²) >= 11 is 1.15. The number of amidine groups is 1. The summed E-state index contributed by atoms with van der Waals surface area (Å²) in [5, 5.41) is 8.03. The minimum absolute atomic E-state index is 0.00231. The van der Waals surface area contributed by atoms with Crippen LogP contribution in [0.1, 0.15) is 34.1 Å². The van der Waals surface area contributed by atoms with Crippen LogP contribution in [0.5, 0.6) is 0 Å². The summed E-state index contributed by atoms with van der Waals surface area (Å²) in [5.41, 5.74) is 0. The van der Waals surface area contributed by atoms with Crippen molar-refractivity contribution in [1.82, 2.24) is 10.3 Å². The van der Waals surface area contributed by atoms with E-state index in [1.165, 1.54) is 18.9 Å². The van der Waals surface area contributed by atoms with Gasteiger partial charge in [0, 0.05) is 13.8 Å². The number of carbonyl (C=O) groups is 3. The Kier molecular flexibility index (Phi) is 4.93. The van der Waals surface area contributed by atoms with Crippen LogP contribution in [0.3, 0.4) is 0 Å². The highest BCUT2D eigenvalue weighted by molar-refractivity contribution is 8.15. The van der Waals surface area contributed by atoms with E-state index >= 15 is 0 Å². The number of hydrazone groups is 1. The van der Waals surface area contributed by atoms with Gasteiger partial charge in [0.1, 0.15) is 4.87 Å². The normalized spacial score (nSPS) is 21.9. The number of hydrogen-bond donors (Lipinski definition) is 1. The number of ether oxygens (including phenoxy) is 1. The Labute approximate surface area is 115 Å².